The molecule has 1 aromatic rings. The second kappa shape index (κ2) is 8.43. The van der Waals surface area contributed by atoms with Gasteiger partial charge < -0.3 is 10.5 Å². The van der Waals surface area contributed by atoms with Crippen LogP contribution in [0.5, 0.6) is 0 Å². The molecule has 3 N–H and O–H groups in total. The van der Waals surface area contributed by atoms with Crippen LogP contribution in [0.3, 0.4) is 0 Å². The maximum absolute atomic E-state index is 12.3. The van der Waals surface area contributed by atoms with Gasteiger partial charge >= 0.3 is 5.97 Å². The van der Waals surface area contributed by atoms with Crippen molar-refractivity contribution in [2.75, 3.05) is 13.2 Å². The number of sulfonamides is 1. The summed E-state index contributed by atoms with van der Waals surface area (Å²) in [5, 5.41) is 0. The third-order valence-electron chi connectivity index (χ3n) is 3.43. The minimum absolute atomic E-state index is 0. The van der Waals surface area contributed by atoms with Crippen LogP contribution in [-0.4, -0.2) is 33.6 Å². The fourth-order valence-electron chi connectivity index (χ4n) is 2.03. The monoisotopic (exact) mass is 426 g/mol. The van der Waals surface area contributed by atoms with Gasteiger partial charge in [0.2, 0.25) is 10.0 Å². The summed E-state index contributed by atoms with van der Waals surface area (Å²) in [5.41, 5.74) is 6.08. The first-order valence-corrected chi connectivity index (χ1v) is 9.34. The molecule has 0 heterocycles. The van der Waals surface area contributed by atoms with Gasteiger partial charge in [-0.3, -0.25) is 0 Å². The average Bonchev–Trinajstić information content (AvgIpc) is 3.29. The molecule has 1 atom stereocenters. The quantitative estimate of drug-likeness (QED) is 0.649. The molecule has 0 saturated heterocycles. The van der Waals surface area contributed by atoms with E-state index in [0.29, 0.717) is 10.4 Å². The van der Waals surface area contributed by atoms with Crippen LogP contribution in [0.15, 0.2) is 27.6 Å². The molecule has 1 aliphatic rings. The van der Waals surface area contributed by atoms with Gasteiger partial charge in [-0.15, -0.1) is 12.4 Å². The van der Waals surface area contributed by atoms with Gasteiger partial charge in [-0.1, -0.05) is 15.9 Å². The Labute approximate surface area is 150 Å². The van der Waals surface area contributed by atoms with Crippen LogP contribution < -0.4 is 10.5 Å². The minimum Gasteiger partial charge on any atom is -0.462 e. The van der Waals surface area contributed by atoms with E-state index >= 15 is 0 Å². The van der Waals surface area contributed by atoms with Gasteiger partial charge in [0.25, 0.3) is 0 Å². The van der Waals surface area contributed by atoms with Crippen molar-refractivity contribution in [2.24, 2.45) is 11.7 Å². The summed E-state index contributed by atoms with van der Waals surface area (Å²) in [7, 11) is -3.72. The average molecular weight is 428 g/mol. The number of carbonyl (C=O) groups is 1. The van der Waals surface area contributed by atoms with Crippen LogP contribution >= 0.6 is 28.3 Å². The number of esters is 1. The molecule has 1 fully saturated rings. The lowest BCUT2D eigenvalue weighted by Crippen LogP contribution is -2.38. The first-order valence-electron chi connectivity index (χ1n) is 7.06. The van der Waals surface area contributed by atoms with Crippen molar-refractivity contribution >= 4 is 44.3 Å². The first kappa shape index (κ1) is 20.4. The van der Waals surface area contributed by atoms with E-state index in [9.17, 15) is 13.2 Å². The van der Waals surface area contributed by atoms with E-state index in [1.807, 2.05) is 0 Å². The second-order valence-corrected chi connectivity index (χ2v) is 7.93. The molecule has 0 spiro atoms. The number of rotatable bonds is 7. The van der Waals surface area contributed by atoms with Gasteiger partial charge in [0, 0.05) is 17.1 Å². The Morgan fingerprint density at radius 2 is 2.09 bits per heavy atom. The molecule has 1 saturated carbocycles. The highest BCUT2D eigenvalue weighted by atomic mass is 79.9. The molecule has 1 aromatic carbocycles. The van der Waals surface area contributed by atoms with Crippen LogP contribution in [-0.2, 0) is 14.8 Å². The fourth-order valence-corrected chi connectivity index (χ4v) is 3.82. The molecule has 130 valence electrons. The zero-order valence-electron chi connectivity index (χ0n) is 12.6. The number of nitrogens with two attached hydrogens (primary N) is 1. The Hall–Kier alpha value is -0.670. The van der Waals surface area contributed by atoms with Crippen LogP contribution in [0.2, 0.25) is 0 Å². The number of benzene rings is 1. The van der Waals surface area contributed by atoms with E-state index < -0.39 is 16.0 Å². The van der Waals surface area contributed by atoms with E-state index in [2.05, 4.69) is 20.7 Å². The number of carbonyl (C=O) groups excluding carboxylic acids is 1. The predicted octanol–water partition coefficient (Wildman–Crippen LogP) is 2.06. The van der Waals surface area contributed by atoms with Crippen LogP contribution in [0.25, 0.3) is 0 Å². The Morgan fingerprint density at radius 1 is 1.43 bits per heavy atom. The van der Waals surface area contributed by atoms with Crippen molar-refractivity contribution in [3.8, 4) is 0 Å². The molecule has 0 radical (unpaired) electrons. The molecule has 23 heavy (non-hydrogen) atoms. The molecule has 0 aliphatic heterocycles. The topological polar surface area (TPSA) is 98.5 Å². The van der Waals surface area contributed by atoms with E-state index in [0.717, 1.165) is 12.8 Å². The highest BCUT2D eigenvalue weighted by Gasteiger charge is 2.29. The lowest BCUT2D eigenvalue weighted by atomic mass is 10.2. The molecule has 1 aliphatic carbocycles. The van der Waals surface area contributed by atoms with Crippen molar-refractivity contribution in [3.63, 3.8) is 0 Å². The largest absolute Gasteiger partial charge is 0.462 e. The Balaban J connectivity index is 0.00000264. The summed E-state index contributed by atoms with van der Waals surface area (Å²) in [6, 6.07) is 4.08. The lowest BCUT2D eigenvalue weighted by Gasteiger charge is -2.13. The smallest absolute Gasteiger partial charge is 0.338 e. The van der Waals surface area contributed by atoms with Crippen LogP contribution in [0.4, 0.5) is 0 Å². The molecule has 0 amide bonds. The van der Waals surface area contributed by atoms with Gasteiger partial charge in [-0.05, 0) is 43.9 Å². The third-order valence-corrected chi connectivity index (χ3v) is 5.29. The van der Waals surface area contributed by atoms with Crippen molar-refractivity contribution in [1.82, 2.24) is 4.72 Å². The number of hydrogen-bond donors (Lipinski definition) is 2. The number of hydrogen-bond acceptors (Lipinski definition) is 5. The number of nitrogens with one attached hydrogen (secondary N) is 1. The van der Waals surface area contributed by atoms with Gasteiger partial charge in [0.15, 0.2) is 0 Å². The second-order valence-electron chi connectivity index (χ2n) is 5.25. The maximum atomic E-state index is 12.3. The van der Waals surface area contributed by atoms with E-state index in [-0.39, 0.29) is 42.1 Å². The minimum atomic E-state index is -3.72. The first-order chi connectivity index (χ1) is 10.3. The molecule has 2 rings (SSSR count). The van der Waals surface area contributed by atoms with Crippen molar-refractivity contribution < 1.29 is 17.9 Å². The molecule has 0 bridgehead atoms. The third kappa shape index (κ3) is 5.72. The summed E-state index contributed by atoms with van der Waals surface area (Å²) in [6.45, 7) is 2.10. The molecule has 6 nitrogen and oxygen atoms in total. The maximum Gasteiger partial charge on any atom is 0.338 e. The Kier molecular flexibility index (Phi) is 7.47. The summed E-state index contributed by atoms with van der Waals surface area (Å²) in [6.07, 6.45) is 2.10. The molecule has 1 unspecified atom stereocenters. The lowest BCUT2D eigenvalue weighted by molar-refractivity contribution is 0.0526. The number of ether oxygens (including phenoxy) is 1. The predicted molar refractivity (Wildman–Crippen MR) is 93.2 cm³/mol. The fraction of sp³-hybridized carbons (Fsp3) is 0.500. The SMILES string of the molecule is CCOC(=O)c1cc(Br)cc(S(=O)(=O)NCC(N)C2CC2)c1.Cl. The highest BCUT2D eigenvalue weighted by Crippen LogP contribution is 2.31. The summed E-state index contributed by atoms with van der Waals surface area (Å²) < 4.78 is 32.5. The molecular weight excluding hydrogens is 408 g/mol. The Bertz CT molecular complexity index is 665. The standard InChI is InChI=1S/C14H19BrN2O4S.ClH/c1-2-21-14(18)10-5-11(15)7-12(6-10)22(19,20)17-8-13(16)9-3-4-9;/h5-7,9,13,17H,2-4,8,16H2,1H3;1H. The van der Waals surface area contributed by atoms with Gasteiger partial charge in [-0.25, -0.2) is 17.9 Å². The Morgan fingerprint density at radius 3 is 2.65 bits per heavy atom. The van der Waals surface area contributed by atoms with Gasteiger partial charge in [-0.2, -0.15) is 0 Å². The van der Waals surface area contributed by atoms with Crippen molar-refractivity contribution in [1.29, 1.82) is 0 Å². The van der Waals surface area contributed by atoms with E-state index in [4.69, 9.17) is 10.5 Å². The molecule has 9 heteroatoms. The van der Waals surface area contributed by atoms with Gasteiger partial charge in [0.1, 0.15) is 0 Å². The van der Waals surface area contributed by atoms with Gasteiger partial charge in [0.05, 0.1) is 17.1 Å². The summed E-state index contributed by atoms with van der Waals surface area (Å²) in [5.74, 6) is -0.157. The summed E-state index contributed by atoms with van der Waals surface area (Å²) >= 11 is 3.21. The van der Waals surface area contributed by atoms with Crippen LogP contribution in [0.1, 0.15) is 30.1 Å². The van der Waals surface area contributed by atoms with Crippen LogP contribution in [0, 0.1) is 5.92 Å². The number of halogens is 2. The van der Waals surface area contributed by atoms with E-state index in [1.54, 1.807) is 6.92 Å². The molecular formula is C14H20BrClN2O4S. The van der Waals surface area contributed by atoms with E-state index in [1.165, 1.54) is 18.2 Å². The zero-order chi connectivity index (χ0) is 16.3. The highest BCUT2D eigenvalue weighted by molar-refractivity contribution is 9.10. The molecule has 0 aromatic heterocycles. The van der Waals surface area contributed by atoms with Crippen molar-refractivity contribution in [3.05, 3.63) is 28.2 Å². The summed E-state index contributed by atoms with van der Waals surface area (Å²) in [4.78, 5) is 11.8. The van der Waals surface area contributed by atoms with Crippen molar-refractivity contribution in [2.45, 2.75) is 30.7 Å². The zero-order valence-corrected chi connectivity index (χ0v) is 15.8. The normalized spacial score (nSPS) is 15.6.